The van der Waals surface area contributed by atoms with E-state index in [1.165, 1.54) is 19.3 Å². The van der Waals surface area contributed by atoms with Crippen LogP contribution in [0.5, 0.6) is 0 Å². The van der Waals surface area contributed by atoms with Crippen molar-refractivity contribution >= 4 is 22.5 Å². The number of fused-ring (bicyclic) bond motifs is 2. The van der Waals surface area contributed by atoms with Crippen molar-refractivity contribution in [1.82, 2.24) is 9.88 Å². The molecule has 108 valence electrons. The van der Waals surface area contributed by atoms with E-state index in [1.54, 1.807) is 0 Å². The summed E-state index contributed by atoms with van der Waals surface area (Å²) in [5.74, 6) is 1.87. The molecule has 2 N–H and O–H groups in total. The fourth-order valence-electron chi connectivity index (χ4n) is 3.90. The molecule has 1 amide bonds. The van der Waals surface area contributed by atoms with Gasteiger partial charge in [-0.2, -0.15) is 0 Å². The van der Waals surface area contributed by atoms with Gasteiger partial charge < -0.3 is 10.6 Å². The van der Waals surface area contributed by atoms with Gasteiger partial charge in [0.25, 0.3) is 5.91 Å². The van der Waals surface area contributed by atoms with E-state index in [4.69, 9.17) is 5.73 Å². The second-order valence-electron chi connectivity index (χ2n) is 6.28. The van der Waals surface area contributed by atoms with Crippen LogP contribution in [0, 0.1) is 11.8 Å². The molecule has 2 atom stereocenters. The molecule has 2 unspecified atom stereocenters. The normalized spacial score (nSPS) is 24.5. The van der Waals surface area contributed by atoms with Crippen LogP contribution in [0.2, 0.25) is 0 Å². The molecule has 1 aliphatic heterocycles. The number of carbonyl (C=O) groups excluding carboxylic acids is 1. The Balaban J connectivity index is 1.65. The fraction of sp³-hybridized carbons (Fsp3) is 0.412. The first-order chi connectivity index (χ1) is 10.2. The third kappa shape index (κ3) is 2.06. The Morgan fingerprint density at radius 2 is 1.90 bits per heavy atom. The molecule has 2 aromatic rings. The molecule has 2 fully saturated rings. The molecule has 1 aromatic carbocycles. The Morgan fingerprint density at radius 3 is 2.67 bits per heavy atom. The molecule has 4 nitrogen and oxygen atoms in total. The number of amides is 1. The highest BCUT2D eigenvalue weighted by molar-refractivity contribution is 5.99. The van der Waals surface area contributed by atoms with Gasteiger partial charge in [0.05, 0.1) is 0 Å². The molecule has 2 heterocycles. The number of aromatic nitrogens is 1. The molecular weight excluding hydrogens is 262 g/mol. The summed E-state index contributed by atoms with van der Waals surface area (Å²) in [5, 5.41) is 1.89. The van der Waals surface area contributed by atoms with Gasteiger partial charge in [0.2, 0.25) is 0 Å². The first-order valence-corrected chi connectivity index (χ1v) is 7.67. The van der Waals surface area contributed by atoms with E-state index < -0.39 is 0 Å². The van der Waals surface area contributed by atoms with Crippen LogP contribution in [0.25, 0.3) is 10.8 Å². The monoisotopic (exact) mass is 281 g/mol. The van der Waals surface area contributed by atoms with Gasteiger partial charge >= 0.3 is 0 Å². The zero-order valence-electron chi connectivity index (χ0n) is 12.0. The Labute approximate surface area is 124 Å². The van der Waals surface area contributed by atoms with E-state index in [-0.39, 0.29) is 5.91 Å². The summed E-state index contributed by atoms with van der Waals surface area (Å²) < 4.78 is 0. The van der Waals surface area contributed by atoms with Crippen LogP contribution in [0.4, 0.5) is 5.82 Å². The number of rotatable bonds is 1. The smallest absolute Gasteiger partial charge is 0.272 e. The molecule has 1 aromatic heterocycles. The lowest BCUT2D eigenvalue weighted by Gasteiger charge is -2.17. The maximum atomic E-state index is 12.7. The summed E-state index contributed by atoms with van der Waals surface area (Å²) in [6.07, 6.45) is 3.85. The van der Waals surface area contributed by atoms with E-state index in [0.29, 0.717) is 23.3 Å². The highest BCUT2D eigenvalue weighted by Gasteiger charge is 2.38. The largest absolute Gasteiger partial charge is 0.383 e. The number of nitrogens with two attached hydrogens (primary N) is 1. The van der Waals surface area contributed by atoms with Crippen molar-refractivity contribution in [3.05, 3.63) is 36.0 Å². The number of nitrogen functional groups attached to an aromatic ring is 1. The number of anilines is 1. The maximum absolute atomic E-state index is 12.7. The molecule has 0 bridgehead atoms. The van der Waals surface area contributed by atoms with Gasteiger partial charge in [-0.05, 0) is 36.1 Å². The molecule has 2 aliphatic rings. The SMILES string of the molecule is Nc1nc(C(=O)N2CC3CCCC3C2)cc2ccccc12. The van der Waals surface area contributed by atoms with Crippen LogP contribution in [-0.2, 0) is 0 Å². The minimum atomic E-state index is 0.0295. The second-order valence-corrected chi connectivity index (χ2v) is 6.28. The lowest BCUT2D eigenvalue weighted by atomic mass is 10.0. The highest BCUT2D eigenvalue weighted by atomic mass is 16.2. The lowest BCUT2D eigenvalue weighted by molar-refractivity contribution is 0.0775. The Morgan fingerprint density at radius 1 is 1.19 bits per heavy atom. The van der Waals surface area contributed by atoms with Gasteiger partial charge in [-0.15, -0.1) is 0 Å². The number of benzene rings is 1. The summed E-state index contributed by atoms with van der Waals surface area (Å²) in [6, 6.07) is 9.66. The topological polar surface area (TPSA) is 59.2 Å². The fourth-order valence-corrected chi connectivity index (χ4v) is 3.90. The third-order valence-corrected chi connectivity index (χ3v) is 5.00. The number of nitrogens with zero attached hydrogens (tertiary/aromatic N) is 2. The molecule has 1 aliphatic carbocycles. The summed E-state index contributed by atoms with van der Waals surface area (Å²) >= 11 is 0. The van der Waals surface area contributed by atoms with Gasteiger partial charge in [0, 0.05) is 18.5 Å². The van der Waals surface area contributed by atoms with Gasteiger partial charge in [-0.25, -0.2) is 4.98 Å². The zero-order chi connectivity index (χ0) is 14.4. The number of hydrogen-bond donors (Lipinski definition) is 1. The average molecular weight is 281 g/mol. The Kier molecular flexibility index (Phi) is 2.84. The standard InChI is InChI=1S/C17H19N3O/c18-16-14-7-2-1-4-11(14)8-15(19-16)17(21)20-9-12-5-3-6-13(12)10-20/h1-2,4,7-8,12-13H,3,5-6,9-10H2,(H2,18,19). The van der Waals surface area contributed by atoms with E-state index in [9.17, 15) is 4.79 Å². The third-order valence-electron chi connectivity index (χ3n) is 5.00. The summed E-state index contributed by atoms with van der Waals surface area (Å²) in [6.45, 7) is 1.77. The number of carbonyl (C=O) groups is 1. The molecule has 4 heteroatoms. The number of hydrogen-bond acceptors (Lipinski definition) is 3. The molecule has 0 spiro atoms. The quantitative estimate of drug-likeness (QED) is 0.874. The lowest BCUT2D eigenvalue weighted by Crippen LogP contribution is -2.30. The van der Waals surface area contributed by atoms with Crippen molar-refractivity contribution in [2.24, 2.45) is 11.8 Å². The molecule has 1 saturated heterocycles. The second kappa shape index (κ2) is 4.72. The predicted octanol–water partition coefficient (Wildman–Crippen LogP) is 2.69. The molecule has 1 saturated carbocycles. The first-order valence-electron chi connectivity index (χ1n) is 7.67. The van der Waals surface area contributed by atoms with Gasteiger partial charge in [0.1, 0.15) is 11.5 Å². The summed E-state index contributed by atoms with van der Waals surface area (Å²) in [4.78, 5) is 19.0. The van der Waals surface area contributed by atoms with Crippen molar-refractivity contribution in [3.63, 3.8) is 0 Å². The van der Waals surface area contributed by atoms with Gasteiger partial charge in [-0.3, -0.25) is 4.79 Å². The summed E-state index contributed by atoms with van der Waals surface area (Å²) in [5.41, 5.74) is 6.48. The van der Waals surface area contributed by atoms with Crippen molar-refractivity contribution in [1.29, 1.82) is 0 Å². The van der Waals surface area contributed by atoms with E-state index in [0.717, 1.165) is 23.9 Å². The minimum absolute atomic E-state index is 0.0295. The van der Waals surface area contributed by atoms with Crippen LogP contribution in [0.3, 0.4) is 0 Å². The van der Waals surface area contributed by atoms with Crippen molar-refractivity contribution in [2.75, 3.05) is 18.8 Å². The number of likely N-dealkylation sites (tertiary alicyclic amines) is 1. The van der Waals surface area contributed by atoms with E-state index in [2.05, 4.69) is 4.98 Å². The molecular formula is C17H19N3O. The van der Waals surface area contributed by atoms with Crippen LogP contribution in [0.1, 0.15) is 29.8 Å². The van der Waals surface area contributed by atoms with Crippen LogP contribution >= 0.6 is 0 Å². The maximum Gasteiger partial charge on any atom is 0.272 e. The zero-order valence-corrected chi connectivity index (χ0v) is 12.0. The van der Waals surface area contributed by atoms with Crippen LogP contribution in [0.15, 0.2) is 30.3 Å². The van der Waals surface area contributed by atoms with Crippen molar-refractivity contribution in [3.8, 4) is 0 Å². The van der Waals surface area contributed by atoms with E-state index in [1.807, 2.05) is 35.2 Å². The highest BCUT2D eigenvalue weighted by Crippen LogP contribution is 2.38. The van der Waals surface area contributed by atoms with Crippen molar-refractivity contribution < 1.29 is 4.79 Å². The van der Waals surface area contributed by atoms with Crippen LogP contribution < -0.4 is 5.73 Å². The van der Waals surface area contributed by atoms with Gasteiger partial charge in [0.15, 0.2) is 0 Å². The predicted molar refractivity (Wildman–Crippen MR) is 82.9 cm³/mol. The van der Waals surface area contributed by atoms with Crippen molar-refractivity contribution in [2.45, 2.75) is 19.3 Å². The van der Waals surface area contributed by atoms with E-state index >= 15 is 0 Å². The minimum Gasteiger partial charge on any atom is -0.383 e. The summed E-state index contributed by atoms with van der Waals surface area (Å²) in [7, 11) is 0. The van der Waals surface area contributed by atoms with Gasteiger partial charge in [-0.1, -0.05) is 30.7 Å². The number of pyridine rings is 1. The Bertz CT molecular complexity index is 700. The molecule has 21 heavy (non-hydrogen) atoms. The van der Waals surface area contributed by atoms with Crippen LogP contribution in [-0.4, -0.2) is 28.9 Å². The first kappa shape index (κ1) is 12.6. The average Bonchev–Trinajstić information content (AvgIpc) is 3.07. The molecule has 4 rings (SSSR count). The Hall–Kier alpha value is -2.10. The molecule has 0 radical (unpaired) electrons.